The van der Waals surface area contributed by atoms with Crippen molar-refractivity contribution in [2.75, 3.05) is 0 Å². The highest BCUT2D eigenvalue weighted by molar-refractivity contribution is 5.79. The summed E-state index contributed by atoms with van der Waals surface area (Å²) in [4.78, 5) is 12.3. The van der Waals surface area contributed by atoms with Crippen LogP contribution in [0.1, 0.15) is 48.0 Å². The zero-order valence-corrected chi connectivity index (χ0v) is 13.5. The minimum Gasteiger partial charge on any atom is -0.444 e. The number of carbonyl (C=O) groups excluding carboxylic acids is 1. The maximum absolute atomic E-state index is 12.3. The summed E-state index contributed by atoms with van der Waals surface area (Å²) < 4.78 is 5.51. The van der Waals surface area contributed by atoms with Crippen LogP contribution in [0.2, 0.25) is 0 Å². The van der Waals surface area contributed by atoms with E-state index in [1.807, 2.05) is 19.9 Å². The van der Waals surface area contributed by atoms with Crippen molar-refractivity contribution in [3.63, 3.8) is 0 Å². The van der Waals surface area contributed by atoms with E-state index in [0.717, 1.165) is 12.0 Å². The van der Waals surface area contributed by atoms with Gasteiger partial charge in [-0.3, -0.25) is 4.79 Å². The van der Waals surface area contributed by atoms with E-state index in [4.69, 9.17) is 11.2 Å². The Morgan fingerprint density at radius 1 is 1.40 bits per heavy atom. The fraction of sp³-hybridized carbons (Fsp3) is 0.611. The van der Waals surface area contributed by atoms with Crippen molar-refractivity contribution in [1.29, 1.82) is 0 Å². The van der Waals surface area contributed by atoms with Gasteiger partial charge in [0.05, 0.1) is 5.92 Å². The molecule has 0 saturated heterocycles. The Morgan fingerprint density at radius 3 is 2.45 bits per heavy atom. The molecule has 20 heavy (non-hydrogen) atoms. The van der Waals surface area contributed by atoms with Crippen LogP contribution in [0.4, 0.5) is 0 Å². The van der Waals surface area contributed by atoms with Gasteiger partial charge in [-0.25, -0.2) is 0 Å². The molecule has 1 aliphatic carbocycles. The number of rotatable bonds is 5. The minimum atomic E-state index is -0.536. The van der Waals surface area contributed by atoms with Gasteiger partial charge >= 0.3 is 5.97 Å². The number of esters is 1. The lowest BCUT2D eigenvalue weighted by molar-refractivity contribution is -0.147. The first-order valence-corrected chi connectivity index (χ1v) is 7.24. The molecule has 1 fully saturated rings. The zero-order chi connectivity index (χ0) is 15.5. The molecule has 1 unspecified atom stereocenters. The second-order valence-corrected chi connectivity index (χ2v) is 6.41. The molecule has 0 aromatic heterocycles. The lowest BCUT2D eigenvalue weighted by Gasteiger charge is -2.13. The van der Waals surface area contributed by atoms with E-state index in [2.05, 4.69) is 39.7 Å². The van der Waals surface area contributed by atoms with Gasteiger partial charge < -0.3 is 4.74 Å². The summed E-state index contributed by atoms with van der Waals surface area (Å²) in [6.07, 6.45) is 9.99. The molecule has 0 aromatic carbocycles. The summed E-state index contributed by atoms with van der Waals surface area (Å²) in [6.45, 7) is 12.2. The topological polar surface area (TPSA) is 26.3 Å². The van der Waals surface area contributed by atoms with Gasteiger partial charge in [-0.1, -0.05) is 44.4 Å². The Morgan fingerprint density at radius 2 is 2.00 bits per heavy atom. The van der Waals surface area contributed by atoms with E-state index in [1.165, 1.54) is 5.57 Å². The van der Waals surface area contributed by atoms with Gasteiger partial charge in [0.15, 0.2) is 6.10 Å². The maximum Gasteiger partial charge on any atom is 0.311 e. The summed E-state index contributed by atoms with van der Waals surface area (Å²) >= 11 is 0. The van der Waals surface area contributed by atoms with E-state index in [9.17, 15) is 4.79 Å². The smallest absolute Gasteiger partial charge is 0.311 e. The molecular weight excluding hydrogens is 248 g/mol. The zero-order valence-electron chi connectivity index (χ0n) is 13.5. The molecule has 1 aliphatic rings. The molecular formula is C18H26O2. The molecule has 110 valence electrons. The summed E-state index contributed by atoms with van der Waals surface area (Å²) in [5, 5.41) is 0. The fourth-order valence-electron chi connectivity index (χ4n) is 2.67. The Labute approximate surface area is 123 Å². The molecule has 3 atom stereocenters. The van der Waals surface area contributed by atoms with Crippen LogP contribution in [0.3, 0.4) is 0 Å². The van der Waals surface area contributed by atoms with Crippen LogP contribution in [-0.4, -0.2) is 12.1 Å². The Kier molecular flexibility index (Phi) is 5.22. The summed E-state index contributed by atoms with van der Waals surface area (Å²) in [7, 11) is 0. The highest BCUT2D eigenvalue weighted by Gasteiger charge is 2.61. The SMILES string of the molecule is C#CC(OC(=O)[C@@H]1[C@H](C=C(C)C)C1(C)C)C(C)=CCC. The summed E-state index contributed by atoms with van der Waals surface area (Å²) in [5.41, 5.74) is 2.13. The molecule has 2 heteroatoms. The fourth-order valence-corrected chi connectivity index (χ4v) is 2.67. The second kappa shape index (κ2) is 6.31. The quantitative estimate of drug-likeness (QED) is 0.428. The molecule has 1 rings (SSSR count). The molecule has 2 nitrogen and oxygen atoms in total. The van der Waals surface area contributed by atoms with Crippen molar-refractivity contribution in [2.45, 2.75) is 54.1 Å². The lowest BCUT2D eigenvalue weighted by atomic mass is 10.1. The standard InChI is InChI=1S/C18H26O2/c1-8-10-13(5)15(9-2)20-17(19)16-14(11-12(3)4)18(16,6)7/h2,10-11,14-16H,8H2,1,3-7H3/t14-,15?,16-/m0/s1. The average Bonchev–Trinajstić information content (AvgIpc) is 2.86. The Bertz CT molecular complexity index is 470. The number of allylic oxidation sites excluding steroid dienone is 3. The number of hydrogen-bond donors (Lipinski definition) is 0. The van der Waals surface area contributed by atoms with Crippen molar-refractivity contribution in [2.24, 2.45) is 17.3 Å². The van der Waals surface area contributed by atoms with Gasteiger partial charge in [-0.15, -0.1) is 6.42 Å². The molecule has 0 aliphatic heterocycles. The Hall–Kier alpha value is -1.49. The van der Waals surface area contributed by atoms with E-state index < -0.39 is 6.10 Å². The first-order valence-electron chi connectivity index (χ1n) is 7.24. The van der Waals surface area contributed by atoms with Gasteiger partial charge in [0.25, 0.3) is 0 Å². The van der Waals surface area contributed by atoms with Crippen molar-refractivity contribution in [3.05, 3.63) is 23.3 Å². The highest BCUT2D eigenvalue weighted by Crippen LogP contribution is 2.59. The first kappa shape index (κ1) is 16.6. The van der Waals surface area contributed by atoms with Crippen molar-refractivity contribution >= 4 is 5.97 Å². The Balaban J connectivity index is 2.76. The number of ether oxygens (including phenoxy) is 1. The van der Waals surface area contributed by atoms with E-state index in [0.29, 0.717) is 0 Å². The summed E-state index contributed by atoms with van der Waals surface area (Å²) in [5.74, 6) is 2.56. The van der Waals surface area contributed by atoms with Crippen molar-refractivity contribution in [1.82, 2.24) is 0 Å². The largest absolute Gasteiger partial charge is 0.444 e. The molecule has 0 amide bonds. The molecule has 0 N–H and O–H groups in total. The van der Waals surface area contributed by atoms with E-state index >= 15 is 0 Å². The normalized spacial score (nSPS) is 25.4. The van der Waals surface area contributed by atoms with Gasteiger partial charge in [0.2, 0.25) is 0 Å². The van der Waals surface area contributed by atoms with Crippen LogP contribution in [0.25, 0.3) is 0 Å². The van der Waals surface area contributed by atoms with Crippen LogP contribution in [0.15, 0.2) is 23.3 Å². The summed E-state index contributed by atoms with van der Waals surface area (Å²) in [6, 6.07) is 0. The molecule has 0 spiro atoms. The third-order valence-electron chi connectivity index (χ3n) is 4.00. The number of hydrogen-bond acceptors (Lipinski definition) is 2. The van der Waals surface area contributed by atoms with Gasteiger partial charge in [-0.05, 0) is 44.1 Å². The van der Waals surface area contributed by atoms with Crippen LogP contribution in [-0.2, 0) is 9.53 Å². The van der Waals surface area contributed by atoms with Gasteiger partial charge in [-0.2, -0.15) is 0 Å². The number of terminal acetylenes is 1. The van der Waals surface area contributed by atoms with Crippen molar-refractivity contribution in [3.8, 4) is 12.3 Å². The third kappa shape index (κ3) is 3.54. The first-order chi connectivity index (χ1) is 9.25. The lowest BCUT2D eigenvalue weighted by Crippen LogP contribution is -2.20. The monoisotopic (exact) mass is 274 g/mol. The van der Waals surface area contributed by atoms with E-state index in [1.54, 1.807) is 0 Å². The predicted octanol–water partition coefficient (Wildman–Crippen LogP) is 4.13. The van der Waals surface area contributed by atoms with Crippen molar-refractivity contribution < 1.29 is 9.53 Å². The third-order valence-corrected chi connectivity index (χ3v) is 4.00. The predicted molar refractivity (Wildman–Crippen MR) is 83.0 cm³/mol. The van der Waals surface area contributed by atoms with Gasteiger partial charge in [0, 0.05) is 0 Å². The van der Waals surface area contributed by atoms with Gasteiger partial charge in [0.1, 0.15) is 0 Å². The second-order valence-electron chi connectivity index (χ2n) is 6.41. The van der Waals surface area contributed by atoms with Crippen LogP contribution >= 0.6 is 0 Å². The van der Waals surface area contributed by atoms with Crippen LogP contribution < -0.4 is 0 Å². The molecule has 0 bridgehead atoms. The average molecular weight is 274 g/mol. The minimum absolute atomic E-state index is 0.0319. The molecule has 0 aromatic rings. The molecule has 0 heterocycles. The maximum atomic E-state index is 12.3. The van der Waals surface area contributed by atoms with Crippen LogP contribution in [0.5, 0.6) is 0 Å². The molecule has 1 saturated carbocycles. The number of carbonyl (C=O) groups is 1. The van der Waals surface area contributed by atoms with Crippen LogP contribution in [0, 0.1) is 29.6 Å². The highest BCUT2D eigenvalue weighted by atomic mass is 16.5. The van der Waals surface area contributed by atoms with E-state index in [-0.39, 0.29) is 23.2 Å². The molecule has 0 radical (unpaired) electrons.